The van der Waals surface area contributed by atoms with E-state index in [4.69, 9.17) is 5.73 Å². The lowest BCUT2D eigenvalue weighted by Gasteiger charge is -2.38. The molecule has 1 unspecified atom stereocenters. The number of Topliss-reactive ketones (excluding diaryl/α,β-unsaturated/α-hetero) is 1. The molecule has 1 aliphatic carbocycles. The number of nitriles is 1. The molecule has 1 aliphatic heterocycles. The number of ketones is 1. The summed E-state index contributed by atoms with van der Waals surface area (Å²) < 4.78 is 14.9. The Labute approximate surface area is 234 Å². The molecule has 0 spiro atoms. The molecule has 8 nitrogen and oxygen atoms in total. The van der Waals surface area contributed by atoms with E-state index in [1.807, 2.05) is 18.2 Å². The molecule has 3 aromatic rings. The molecule has 38 heavy (non-hydrogen) atoms. The number of carbonyl (C=O) groups excluding carboxylic acids is 2. The van der Waals surface area contributed by atoms with Crippen molar-refractivity contribution in [2.75, 3.05) is 16.0 Å². The SMILES string of the molecule is N#CC1=C(N)N(c2nnc(SCC(=O)Nc3ccccc3Br)s2)C2=C(C(=O)CCC2)C1c1ccc(F)cc1. The first kappa shape index (κ1) is 26.1. The van der Waals surface area contributed by atoms with Crippen LogP contribution < -0.4 is 16.0 Å². The van der Waals surface area contributed by atoms with E-state index in [0.29, 0.717) is 51.3 Å². The number of amides is 1. The molecule has 2 heterocycles. The van der Waals surface area contributed by atoms with E-state index in [1.54, 1.807) is 23.1 Å². The molecular weight excluding hydrogens is 591 g/mol. The van der Waals surface area contributed by atoms with Gasteiger partial charge in [-0.15, -0.1) is 10.2 Å². The van der Waals surface area contributed by atoms with Gasteiger partial charge in [-0.3, -0.25) is 14.5 Å². The maximum Gasteiger partial charge on any atom is 0.234 e. The summed E-state index contributed by atoms with van der Waals surface area (Å²) in [5.41, 5.74) is 9.17. The topological polar surface area (TPSA) is 125 Å². The number of benzene rings is 2. The van der Waals surface area contributed by atoms with Crippen LogP contribution in [-0.2, 0) is 9.59 Å². The predicted octanol–water partition coefficient (Wildman–Crippen LogP) is 5.48. The number of thioether (sulfide) groups is 1. The van der Waals surface area contributed by atoms with E-state index < -0.39 is 11.7 Å². The number of nitrogens with zero attached hydrogens (tertiary/aromatic N) is 4. The highest BCUT2D eigenvalue weighted by atomic mass is 79.9. The van der Waals surface area contributed by atoms with Crippen molar-refractivity contribution < 1.29 is 14.0 Å². The number of carbonyl (C=O) groups is 2. The van der Waals surface area contributed by atoms with Crippen molar-refractivity contribution >= 4 is 61.5 Å². The van der Waals surface area contributed by atoms with Crippen molar-refractivity contribution in [3.05, 3.63) is 87.0 Å². The summed E-state index contributed by atoms with van der Waals surface area (Å²) in [6.45, 7) is 0. The second-order valence-corrected chi connectivity index (χ2v) is 11.6. The van der Waals surface area contributed by atoms with Gasteiger partial charge in [0.25, 0.3) is 0 Å². The highest BCUT2D eigenvalue weighted by Gasteiger charge is 2.41. The van der Waals surface area contributed by atoms with E-state index in [0.717, 1.165) is 4.47 Å². The number of nitrogens with one attached hydrogen (secondary N) is 1. The molecule has 0 saturated heterocycles. The van der Waals surface area contributed by atoms with Gasteiger partial charge in [-0.05, 0) is 58.6 Å². The first-order chi connectivity index (χ1) is 18.4. The zero-order chi connectivity index (χ0) is 26.8. The molecule has 1 atom stereocenters. The summed E-state index contributed by atoms with van der Waals surface area (Å²) in [5.74, 6) is -1.09. The standard InChI is InChI=1S/C26H20BrFN6O2S2/c27-17-4-1-2-5-18(17)31-21(36)13-37-26-33-32-25(38-26)34-19-6-3-7-20(35)23(19)22(16(12-29)24(34)30)14-8-10-15(28)11-9-14/h1-2,4-5,8-11,22H,3,6-7,13,30H2,(H,31,36). The van der Waals surface area contributed by atoms with Crippen LogP contribution in [0.3, 0.4) is 0 Å². The van der Waals surface area contributed by atoms with Crippen molar-refractivity contribution in [3.8, 4) is 6.07 Å². The van der Waals surface area contributed by atoms with Gasteiger partial charge < -0.3 is 11.1 Å². The normalized spacial score (nSPS) is 17.3. The summed E-state index contributed by atoms with van der Waals surface area (Å²) >= 11 is 5.85. The van der Waals surface area contributed by atoms with Gasteiger partial charge in [0, 0.05) is 22.2 Å². The van der Waals surface area contributed by atoms with Crippen LogP contribution >= 0.6 is 39.0 Å². The molecule has 2 aliphatic rings. The Kier molecular flexibility index (Phi) is 7.60. The summed E-state index contributed by atoms with van der Waals surface area (Å²) in [6, 6.07) is 15.3. The number of rotatable bonds is 6. The Morgan fingerprint density at radius 1 is 1.24 bits per heavy atom. The monoisotopic (exact) mass is 610 g/mol. The summed E-state index contributed by atoms with van der Waals surface area (Å²) in [6.07, 6.45) is 1.55. The second-order valence-electron chi connectivity index (χ2n) is 8.54. The molecule has 0 saturated carbocycles. The zero-order valence-electron chi connectivity index (χ0n) is 19.8. The number of anilines is 2. The minimum atomic E-state index is -0.678. The number of allylic oxidation sites excluding steroid dienone is 3. The molecule has 2 aromatic carbocycles. The van der Waals surface area contributed by atoms with Gasteiger partial charge in [0.2, 0.25) is 11.0 Å². The molecule has 5 rings (SSSR count). The minimum absolute atomic E-state index is 0.0753. The Morgan fingerprint density at radius 3 is 2.74 bits per heavy atom. The number of para-hydroxylation sites is 1. The molecule has 3 N–H and O–H groups in total. The molecule has 0 radical (unpaired) electrons. The first-order valence-electron chi connectivity index (χ1n) is 11.6. The van der Waals surface area contributed by atoms with Gasteiger partial charge in [-0.1, -0.05) is 47.4 Å². The number of nitrogens with two attached hydrogens (primary N) is 1. The van der Waals surface area contributed by atoms with Crippen LogP contribution in [0.2, 0.25) is 0 Å². The highest BCUT2D eigenvalue weighted by Crippen LogP contribution is 2.47. The predicted molar refractivity (Wildman–Crippen MR) is 148 cm³/mol. The molecule has 1 aromatic heterocycles. The van der Waals surface area contributed by atoms with Crippen molar-refractivity contribution in [3.63, 3.8) is 0 Å². The van der Waals surface area contributed by atoms with E-state index >= 15 is 0 Å². The van der Waals surface area contributed by atoms with Gasteiger partial charge in [-0.2, -0.15) is 5.26 Å². The number of halogens is 2. The van der Waals surface area contributed by atoms with Gasteiger partial charge in [0.05, 0.1) is 29.0 Å². The quantitative estimate of drug-likeness (QED) is 0.352. The molecule has 0 fully saturated rings. The fraction of sp³-hybridized carbons (Fsp3) is 0.192. The number of aromatic nitrogens is 2. The fourth-order valence-electron chi connectivity index (χ4n) is 4.52. The Balaban J connectivity index is 1.42. The van der Waals surface area contributed by atoms with Crippen LogP contribution in [0, 0.1) is 17.1 Å². The summed E-state index contributed by atoms with van der Waals surface area (Å²) in [7, 11) is 0. The first-order valence-corrected chi connectivity index (χ1v) is 14.2. The van der Waals surface area contributed by atoms with Crippen LogP contribution in [0.15, 0.2) is 80.0 Å². The average Bonchev–Trinajstić information content (AvgIpc) is 3.37. The third kappa shape index (κ3) is 5.09. The smallest absolute Gasteiger partial charge is 0.234 e. The van der Waals surface area contributed by atoms with E-state index in [1.165, 1.54) is 35.2 Å². The van der Waals surface area contributed by atoms with E-state index in [9.17, 15) is 19.2 Å². The molecule has 1 amide bonds. The van der Waals surface area contributed by atoms with Gasteiger partial charge in [-0.25, -0.2) is 4.39 Å². The van der Waals surface area contributed by atoms with Crippen LogP contribution in [-0.4, -0.2) is 27.6 Å². The minimum Gasteiger partial charge on any atom is -0.384 e. The molecule has 12 heteroatoms. The third-order valence-corrected chi connectivity index (χ3v) is 8.91. The number of hydrogen-bond donors (Lipinski definition) is 2. The summed E-state index contributed by atoms with van der Waals surface area (Å²) in [4.78, 5) is 27.3. The van der Waals surface area contributed by atoms with E-state index in [-0.39, 0.29) is 28.8 Å². The maximum absolute atomic E-state index is 13.6. The maximum atomic E-state index is 13.6. The Morgan fingerprint density at radius 2 is 2.00 bits per heavy atom. The van der Waals surface area contributed by atoms with E-state index in [2.05, 4.69) is 37.5 Å². The van der Waals surface area contributed by atoms with Crippen LogP contribution in [0.4, 0.5) is 15.2 Å². The van der Waals surface area contributed by atoms with Gasteiger partial charge in [0.15, 0.2) is 10.1 Å². The highest BCUT2D eigenvalue weighted by molar-refractivity contribution is 9.10. The van der Waals surface area contributed by atoms with Crippen molar-refractivity contribution in [1.29, 1.82) is 5.26 Å². The molecule has 0 bridgehead atoms. The second kappa shape index (κ2) is 11.1. The third-order valence-electron chi connectivity index (χ3n) is 6.18. The van der Waals surface area contributed by atoms with Crippen LogP contribution in [0.5, 0.6) is 0 Å². The molecule has 192 valence electrons. The summed E-state index contributed by atoms with van der Waals surface area (Å²) in [5, 5.41) is 21.8. The Hall–Kier alpha value is -3.53. The number of hydrogen-bond acceptors (Lipinski definition) is 9. The van der Waals surface area contributed by atoms with Gasteiger partial charge in [0.1, 0.15) is 11.6 Å². The lowest BCUT2D eigenvalue weighted by Crippen LogP contribution is -2.38. The lowest BCUT2D eigenvalue weighted by atomic mass is 9.76. The Bertz CT molecular complexity index is 1530. The van der Waals surface area contributed by atoms with Crippen molar-refractivity contribution in [2.45, 2.75) is 29.5 Å². The zero-order valence-corrected chi connectivity index (χ0v) is 23.0. The van der Waals surface area contributed by atoms with Gasteiger partial charge >= 0.3 is 0 Å². The van der Waals surface area contributed by atoms with Crippen LogP contribution in [0.1, 0.15) is 30.7 Å². The molecular formula is C26H20BrFN6O2S2. The fourth-order valence-corrected chi connectivity index (χ4v) is 6.59. The average molecular weight is 612 g/mol. The largest absolute Gasteiger partial charge is 0.384 e. The van der Waals surface area contributed by atoms with Crippen molar-refractivity contribution in [1.82, 2.24) is 10.2 Å². The lowest BCUT2D eigenvalue weighted by molar-refractivity contribution is -0.116. The van der Waals surface area contributed by atoms with Crippen molar-refractivity contribution in [2.24, 2.45) is 5.73 Å². The van der Waals surface area contributed by atoms with Crippen LogP contribution in [0.25, 0.3) is 0 Å².